The Morgan fingerprint density at radius 2 is 1.87 bits per heavy atom. The summed E-state index contributed by atoms with van der Waals surface area (Å²) >= 11 is 5.88. The van der Waals surface area contributed by atoms with Crippen LogP contribution in [0, 0.1) is 5.82 Å². The van der Waals surface area contributed by atoms with Crippen molar-refractivity contribution >= 4 is 17.5 Å². The van der Waals surface area contributed by atoms with E-state index in [1.807, 2.05) is 0 Å². The van der Waals surface area contributed by atoms with Crippen LogP contribution >= 0.6 is 11.6 Å². The van der Waals surface area contributed by atoms with Crippen LogP contribution in [0.2, 0.25) is 5.15 Å². The second-order valence-corrected chi connectivity index (χ2v) is 3.30. The van der Waals surface area contributed by atoms with Gasteiger partial charge in [-0.3, -0.25) is 0 Å². The summed E-state index contributed by atoms with van der Waals surface area (Å²) in [6.45, 7) is 0. The van der Waals surface area contributed by atoms with Gasteiger partial charge in [-0.2, -0.15) is 0 Å². The Kier molecular flexibility index (Phi) is 2.51. The van der Waals surface area contributed by atoms with Crippen LogP contribution in [0.5, 0.6) is 0 Å². The van der Waals surface area contributed by atoms with E-state index < -0.39 is 0 Å². The van der Waals surface area contributed by atoms with Crippen molar-refractivity contribution in [2.75, 3.05) is 5.73 Å². The Morgan fingerprint density at radius 3 is 2.47 bits per heavy atom. The molecule has 3 nitrogen and oxygen atoms in total. The molecule has 0 spiro atoms. The topological polar surface area (TPSA) is 51.8 Å². The highest BCUT2D eigenvalue weighted by Crippen LogP contribution is 2.25. The molecule has 5 heteroatoms. The molecule has 0 atom stereocenters. The third-order valence-corrected chi connectivity index (χ3v) is 2.20. The van der Waals surface area contributed by atoms with E-state index in [2.05, 4.69) is 9.97 Å². The van der Waals surface area contributed by atoms with E-state index in [0.717, 1.165) is 5.56 Å². The second kappa shape index (κ2) is 3.82. The molecule has 2 rings (SSSR count). The number of halogens is 2. The molecule has 0 fully saturated rings. The Bertz CT molecular complexity index is 485. The molecule has 0 aliphatic heterocycles. The number of rotatable bonds is 1. The molecule has 76 valence electrons. The van der Waals surface area contributed by atoms with E-state index in [0.29, 0.717) is 5.56 Å². The summed E-state index contributed by atoms with van der Waals surface area (Å²) in [6, 6.07) is 5.91. The molecule has 0 aliphatic carbocycles. The lowest BCUT2D eigenvalue weighted by Crippen LogP contribution is -1.95. The summed E-state index contributed by atoms with van der Waals surface area (Å²) in [5.41, 5.74) is 6.74. The van der Waals surface area contributed by atoms with Crippen LogP contribution in [0.25, 0.3) is 11.1 Å². The van der Waals surface area contributed by atoms with Crippen LogP contribution in [-0.2, 0) is 0 Å². The van der Waals surface area contributed by atoms with Gasteiger partial charge in [0.1, 0.15) is 11.0 Å². The summed E-state index contributed by atoms with van der Waals surface area (Å²) in [5.74, 6) is -0.183. The van der Waals surface area contributed by atoms with Gasteiger partial charge in [0.15, 0.2) is 0 Å². The van der Waals surface area contributed by atoms with Gasteiger partial charge >= 0.3 is 0 Å². The number of nitrogen functional groups attached to an aromatic ring is 1. The van der Waals surface area contributed by atoms with E-state index in [1.54, 1.807) is 12.1 Å². The monoisotopic (exact) mass is 223 g/mol. The van der Waals surface area contributed by atoms with Gasteiger partial charge in [-0.05, 0) is 17.7 Å². The molecule has 1 heterocycles. The molecule has 1 aromatic heterocycles. The Morgan fingerprint density at radius 1 is 1.20 bits per heavy atom. The number of nitrogens with two attached hydrogens (primary N) is 1. The summed E-state index contributed by atoms with van der Waals surface area (Å²) in [4.78, 5) is 7.64. The molecule has 2 N–H and O–H groups in total. The lowest BCUT2D eigenvalue weighted by atomic mass is 10.1. The van der Waals surface area contributed by atoms with Crippen molar-refractivity contribution < 1.29 is 4.39 Å². The van der Waals surface area contributed by atoms with Gasteiger partial charge in [0.05, 0.1) is 0 Å². The quantitative estimate of drug-likeness (QED) is 0.756. The fourth-order valence-electron chi connectivity index (χ4n) is 1.20. The molecule has 0 unspecified atom stereocenters. The van der Waals surface area contributed by atoms with E-state index in [4.69, 9.17) is 17.3 Å². The van der Waals surface area contributed by atoms with Crippen molar-refractivity contribution in [2.45, 2.75) is 0 Å². The predicted molar refractivity (Wildman–Crippen MR) is 56.8 cm³/mol. The average molecular weight is 224 g/mol. The Labute approximate surface area is 90.7 Å². The van der Waals surface area contributed by atoms with Crippen LogP contribution < -0.4 is 5.73 Å². The zero-order chi connectivity index (χ0) is 10.8. The molecule has 0 radical (unpaired) electrons. The Hall–Kier alpha value is -1.68. The summed E-state index contributed by atoms with van der Waals surface area (Å²) in [5, 5.41) is 0.258. The smallest absolute Gasteiger partial charge is 0.221 e. The van der Waals surface area contributed by atoms with Gasteiger partial charge in [-0.15, -0.1) is 0 Å². The van der Waals surface area contributed by atoms with E-state index in [1.165, 1.54) is 18.3 Å². The standard InChI is InChI=1S/C10H7ClFN3/c11-9-8(5-14-10(13)15-9)6-1-3-7(12)4-2-6/h1-5H,(H2,13,14,15). The number of hydrogen-bond donors (Lipinski definition) is 1. The van der Waals surface area contributed by atoms with Crippen molar-refractivity contribution in [3.63, 3.8) is 0 Å². The maximum atomic E-state index is 12.7. The minimum atomic E-state index is -0.300. The SMILES string of the molecule is Nc1ncc(-c2ccc(F)cc2)c(Cl)n1. The van der Waals surface area contributed by atoms with Crippen molar-refractivity contribution in [1.29, 1.82) is 0 Å². The number of nitrogens with zero attached hydrogens (tertiary/aromatic N) is 2. The van der Waals surface area contributed by atoms with Gasteiger partial charge in [-0.1, -0.05) is 23.7 Å². The number of anilines is 1. The first-order chi connectivity index (χ1) is 7.16. The largest absolute Gasteiger partial charge is 0.368 e. The van der Waals surface area contributed by atoms with E-state index >= 15 is 0 Å². The minimum absolute atomic E-state index is 0.117. The predicted octanol–water partition coefficient (Wildman–Crippen LogP) is 2.52. The normalized spacial score (nSPS) is 10.3. The first kappa shape index (κ1) is 9.86. The maximum Gasteiger partial charge on any atom is 0.221 e. The highest BCUT2D eigenvalue weighted by atomic mass is 35.5. The fraction of sp³-hybridized carbons (Fsp3) is 0. The molecular weight excluding hydrogens is 217 g/mol. The zero-order valence-corrected chi connectivity index (χ0v) is 8.37. The lowest BCUT2D eigenvalue weighted by Gasteiger charge is -2.03. The highest BCUT2D eigenvalue weighted by molar-refractivity contribution is 6.32. The summed E-state index contributed by atoms with van der Waals surface area (Å²) in [7, 11) is 0. The molecule has 0 saturated heterocycles. The molecule has 0 saturated carbocycles. The third-order valence-electron chi connectivity index (χ3n) is 1.92. The van der Waals surface area contributed by atoms with Gasteiger partial charge in [0, 0.05) is 11.8 Å². The Balaban J connectivity index is 2.49. The van der Waals surface area contributed by atoms with Gasteiger partial charge in [0.25, 0.3) is 0 Å². The van der Waals surface area contributed by atoms with Crippen molar-refractivity contribution in [1.82, 2.24) is 9.97 Å². The molecule has 0 aliphatic rings. The third kappa shape index (κ3) is 2.05. The lowest BCUT2D eigenvalue weighted by molar-refractivity contribution is 0.628. The van der Waals surface area contributed by atoms with Crippen molar-refractivity contribution in [3.05, 3.63) is 41.4 Å². The molecule has 1 aromatic carbocycles. The van der Waals surface area contributed by atoms with Crippen LogP contribution in [0.3, 0.4) is 0 Å². The number of hydrogen-bond acceptors (Lipinski definition) is 3. The van der Waals surface area contributed by atoms with Crippen LogP contribution in [0.1, 0.15) is 0 Å². The van der Waals surface area contributed by atoms with Crippen molar-refractivity contribution in [2.24, 2.45) is 0 Å². The molecule has 0 amide bonds. The van der Waals surface area contributed by atoms with Gasteiger partial charge < -0.3 is 5.73 Å². The molecule has 2 aromatic rings. The zero-order valence-electron chi connectivity index (χ0n) is 7.61. The summed E-state index contributed by atoms with van der Waals surface area (Å²) in [6.07, 6.45) is 1.51. The number of benzene rings is 1. The first-order valence-electron chi connectivity index (χ1n) is 4.21. The van der Waals surface area contributed by atoms with Gasteiger partial charge in [-0.25, -0.2) is 14.4 Å². The highest BCUT2D eigenvalue weighted by Gasteiger charge is 2.05. The molecule has 0 bridgehead atoms. The van der Waals surface area contributed by atoms with E-state index in [-0.39, 0.29) is 16.9 Å². The summed E-state index contributed by atoms with van der Waals surface area (Å²) < 4.78 is 12.7. The number of aromatic nitrogens is 2. The van der Waals surface area contributed by atoms with E-state index in [9.17, 15) is 4.39 Å². The second-order valence-electron chi connectivity index (χ2n) is 2.94. The minimum Gasteiger partial charge on any atom is -0.368 e. The van der Waals surface area contributed by atoms with Gasteiger partial charge in [0.2, 0.25) is 5.95 Å². The van der Waals surface area contributed by atoms with Crippen LogP contribution in [0.15, 0.2) is 30.5 Å². The first-order valence-corrected chi connectivity index (χ1v) is 4.58. The molecule has 15 heavy (non-hydrogen) atoms. The van der Waals surface area contributed by atoms with Crippen LogP contribution in [-0.4, -0.2) is 9.97 Å². The van der Waals surface area contributed by atoms with Crippen LogP contribution in [0.4, 0.5) is 10.3 Å². The van der Waals surface area contributed by atoms with Crippen molar-refractivity contribution in [3.8, 4) is 11.1 Å². The maximum absolute atomic E-state index is 12.7. The average Bonchev–Trinajstić information content (AvgIpc) is 2.20. The fourth-order valence-corrected chi connectivity index (χ4v) is 1.44. The molecular formula is C10H7ClFN3.